The van der Waals surface area contributed by atoms with Gasteiger partial charge in [-0.1, -0.05) is 23.8 Å². The fraction of sp³-hybridized carbons (Fsp3) is 0.167. The first-order valence-corrected chi connectivity index (χ1v) is 5.50. The minimum absolute atomic E-state index is 0.0621. The Balaban J connectivity index is 2.81. The van der Waals surface area contributed by atoms with Gasteiger partial charge in [-0.3, -0.25) is 0 Å². The van der Waals surface area contributed by atoms with Crippen LogP contribution < -0.4 is 10.6 Å². The number of hydrogen-bond donors (Lipinski definition) is 3. The monoisotopic (exact) mass is 268 g/mol. The predicted octanol–water partition coefficient (Wildman–Crippen LogP) is 2.74. The van der Waals surface area contributed by atoms with Gasteiger partial charge in [0.1, 0.15) is 0 Å². The first-order chi connectivity index (χ1) is 8.40. The van der Waals surface area contributed by atoms with Crippen molar-refractivity contribution < 1.29 is 14.7 Å². The van der Waals surface area contributed by atoms with Crippen LogP contribution in [0.4, 0.5) is 10.5 Å². The second-order valence-electron chi connectivity index (χ2n) is 3.76. The van der Waals surface area contributed by atoms with Gasteiger partial charge in [-0.05, 0) is 25.1 Å². The summed E-state index contributed by atoms with van der Waals surface area (Å²) in [7, 11) is 0. The molecule has 5 nitrogen and oxygen atoms in total. The lowest BCUT2D eigenvalue weighted by atomic mass is 10.2. The lowest BCUT2D eigenvalue weighted by Crippen LogP contribution is -2.30. The highest BCUT2D eigenvalue weighted by Crippen LogP contribution is 2.20. The van der Waals surface area contributed by atoms with Crippen molar-refractivity contribution in [1.29, 1.82) is 0 Å². The van der Waals surface area contributed by atoms with E-state index >= 15 is 0 Å². The van der Waals surface area contributed by atoms with Crippen molar-refractivity contribution in [3.05, 3.63) is 40.9 Å². The molecule has 0 aliphatic rings. The van der Waals surface area contributed by atoms with E-state index in [2.05, 4.69) is 17.2 Å². The van der Waals surface area contributed by atoms with Gasteiger partial charge in [0.15, 0.2) is 0 Å². The normalized spacial score (nSPS) is 9.67. The largest absolute Gasteiger partial charge is 0.478 e. The Morgan fingerprint density at radius 1 is 1.44 bits per heavy atom. The van der Waals surface area contributed by atoms with Crippen LogP contribution in [0.2, 0.25) is 5.02 Å². The fourth-order valence-corrected chi connectivity index (χ4v) is 1.37. The van der Waals surface area contributed by atoms with Crippen LogP contribution in [0, 0.1) is 0 Å². The number of nitrogens with one attached hydrogen (secondary N) is 2. The molecule has 2 amide bonds. The van der Waals surface area contributed by atoms with Gasteiger partial charge in [0, 0.05) is 11.6 Å². The average Bonchev–Trinajstić information content (AvgIpc) is 2.28. The third-order valence-electron chi connectivity index (χ3n) is 2.01. The van der Waals surface area contributed by atoms with E-state index in [1.54, 1.807) is 6.92 Å². The molecule has 0 aromatic heterocycles. The highest BCUT2D eigenvalue weighted by molar-refractivity contribution is 6.31. The van der Waals surface area contributed by atoms with Crippen LogP contribution in [0.15, 0.2) is 30.4 Å². The summed E-state index contributed by atoms with van der Waals surface area (Å²) in [6.45, 7) is 5.73. The number of carboxylic acids is 1. The van der Waals surface area contributed by atoms with Crippen LogP contribution in [-0.2, 0) is 0 Å². The number of carbonyl (C=O) groups excluding carboxylic acids is 1. The first kappa shape index (κ1) is 14.1. The summed E-state index contributed by atoms with van der Waals surface area (Å²) in [6.07, 6.45) is 0. The number of benzene rings is 1. The lowest BCUT2D eigenvalue weighted by Gasteiger charge is -2.10. The highest BCUT2D eigenvalue weighted by atomic mass is 35.5. The summed E-state index contributed by atoms with van der Waals surface area (Å²) in [5, 5.41) is 14.2. The third-order valence-corrected chi connectivity index (χ3v) is 2.25. The van der Waals surface area contributed by atoms with E-state index in [-0.39, 0.29) is 11.3 Å². The van der Waals surface area contributed by atoms with Crippen LogP contribution >= 0.6 is 11.6 Å². The number of anilines is 1. The molecular formula is C12H13ClN2O3. The summed E-state index contributed by atoms with van der Waals surface area (Å²) >= 11 is 5.70. The predicted molar refractivity (Wildman–Crippen MR) is 70.2 cm³/mol. The van der Waals surface area contributed by atoms with Crippen molar-refractivity contribution in [2.24, 2.45) is 0 Å². The molecule has 0 saturated heterocycles. The summed E-state index contributed by atoms with van der Waals surface area (Å²) in [4.78, 5) is 22.5. The zero-order valence-electron chi connectivity index (χ0n) is 9.79. The molecule has 0 aliphatic heterocycles. The number of aromatic carboxylic acids is 1. The number of rotatable bonds is 4. The molecule has 96 valence electrons. The number of carboxylic acid groups (broad SMARTS) is 1. The van der Waals surface area contributed by atoms with Gasteiger partial charge in [-0.25, -0.2) is 9.59 Å². The number of urea groups is 1. The Morgan fingerprint density at radius 2 is 2.11 bits per heavy atom. The number of hydrogen-bond acceptors (Lipinski definition) is 2. The molecule has 0 heterocycles. The minimum atomic E-state index is -1.16. The number of carbonyl (C=O) groups is 2. The van der Waals surface area contributed by atoms with Gasteiger partial charge < -0.3 is 15.7 Å². The van der Waals surface area contributed by atoms with E-state index in [1.165, 1.54) is 18.2 Å². The second-order valence-corrected chi connectivity index (χ2v) is 4.20. The molecule has 0 unspecified atom stereocenters. The van der Waals surface area contributed by atoms with Crippen molar-refractivity contribution in [3.63, 3.8) is 0 Å². The van der Waals surface area contributed by atoms with Crippen LogP contribution in [0.1, 0.15) is 17.3 Å². The maximum atomic E-state index is 11.5. The van der Waals surface area contributed by atoms with E-state index in [9.17, 15) is 9.59 Å². The maximum Gasteiger partial charge on any atom is 0.337 e. The highest BCUT2D eigenvalue weighted by Gasteiger charge is 2.12. The summed E-state index contributed by atoms with van der Waals surface area (Å²) in [5.74, 6) is -1.16. The summed E-state index contributed by atoms with van der Waals surface area (Å²) in [5.41, 5.74) is 0.916. The zero-order chi connectivity index (χ0) is 13.7. The molecule has 0 fully saturated rings. The smallest absolute Gasteiger partial charge is 0.337 e. The van der Waals surface area contributed by atoms with E-state index < -0.39 is 12.0 Å². The zero-order valence-corrected chi connectivity index (χ0v) is 10.5. The van der Waals surface area contributed by atoms with E-state index in [4.69, 9.17) is 16.7 Å². The van der Waals surface area contributed by atoms with Crippen LogP contribution in [-0.4, -0.2) is 23.7 Å². The van der Waals surface area contributed by atoms with Crippen molar-refractivity contribution in [2.45, 2.75) is 6.92 Å². The molecule has 0 radical (unpaired) electrons. The van der Waals surface area contributed by atoms with Crippen LogP contribution in [0.5, 0.6) is 0 Å². The number of amides is 2. The maximum absolute atomic E-state index is 11.5. The molecule has 6 heteroatoms. The molecule has 1 aromatic rings. The van der Waals surface area contributed by atoms with Crippen molar-refractivity contribution in [1.82, 2.24) is 5.32 Å². The quantitative estimate of drug-likeness (QED) is 0.735. The summed E-state index contributed by atoms with van der Waals surface area (Å²) in [6, 6.07) is 3.72. The van der Waals surface area contributed by atoms with Gasteiger partial charge in [0.2, 0.25) is 0 Å². The van der Waals surface area contributed by atoms with Gasteiger partial charge in [-0.2, -0.15) is 0 Å². The lowest BCUT2D eigenvalue weighted by molar-refractivity contribution is 0.0698. The molecule has 0 spiro atoms. The van der Waals surface area contributed by atoms with E-state index in [0.29, 0.717) is 11.6 Å². The van der Waals surface area contributed by atoms with Gasteiger partial charge in [0.05, 0.1) is 11.3 Å². The second kappa shape index (κ2) is 6.07. The van der Waals surface area contributed by atoms with Gasteiger partial charge in [0.25, 0.3) is 0 Å². The summed E-state index contributed by atoms with van der Waals surface area (Å²) < 4.78 is 0. The molecule has 3 N–H and O–H groups in total. The molecule has 0 saturated carbocycles. The molecular weight excluding hydrogens is 256 g/mol. The van der Waals surface area contributed by atoms with Crippen molar-refractivity contribution >= 4 is 29.3 Å². The average molecular weight is 269 g/mol. The topological polar surface area (TPSA) is 78.4 Å². The Bertz CT molecular complexity index is 500. The SMILES string of the molecule is C=C(C)CNC(=O)Nc1ccc(Cl)cc1C(=O)O. The first-order valence-electron chi connectivity index (χ1n) is 5.12. The van der Waals surface area contributed by atoms with Crippen LogP contribution in [0.25, 0.3) is 0 Å². The number of halogens is 1. The third kappa shape index (κ3) is 4.10. The van der Waals surface area contributed by atoms with Gasteiger partial charge in [-0.15, -0.1) is 0 Å². The Labute approximate surface area is 109 Å². The Morgan fingerprint density at radius 3 is 2.67 bits per heavy atom. The van der Waals surface area contributed by atoms with Crippen molar-refractivity contribution in [2.75, 3.05) is 11.9 Å². The van der Waals surface area contributed by atoms with E-state index in [1.807, 2.05) is 0 Å². The molecule has 18 heavy (non-hydrogen) atoms. The molecule has 1 aromatic carbocycles. The molecule has 0 aliphatic carbocycles. The molecule has 0 bridgehead atoms. The fourth-order valence-electron chi connectivity index (χ4n) is 1.20. The standard InChI is InChI=1S/C12H13ClN2O3/c1-7(2)6-14-12(18)15-10-4-3-8(13)5-9(10)11(16)17/h3-5H,1,6H2,2H3,(H,16,17)(H2,14,15,18). The Kier molecular flexibility index (Phi) is 4.74. The van der Waals surface area contributed by atoms with Crippen molar-refractivity contribution in [3.8, 4) is 0 Å². The molecule has 1 rings (SSSR count). The van der Waals surface area contributed by atoms with Crippen LogP contribution in [0.3, 0.4) is 0 Å². The minimum Gasteiger partial charge on any atom is -0.478 e. The van der Waals surface area contributed by atoms with E-state index in [0.717, 1.165) is 5.57 Å². The molecule has 0 atom stereocenters. The van der Waals surface area contributed by atoms with Gasteiger partial charge >= 0.3 is 12.0 Å². The Hall–Kier alpha value is -2.01.